The molecular weight excluding hydrogens is 156 g/mol. The third-order valence-electron chi connectivity index (χ3n) is 1.36. The van der Waals surface area contributed by atoms with Crippen molar-refractivity contribution in [2.75, 3.05) is 0 Å². The number of rotatable bonds is 0. The summed E-state index contributed by atoms with van der Waals surface area (Å²) in [5.74, 6) is -3.56. The molecule has 1 aliphatic carbocycles. The summed E-state index contributed by atoms with van der Waals surface area (Å²) in [7, 11) is 0. The van der Waals surface area contributed by atoms with E-state index < -0.39 is 23.6 Å². The molecule has 1 saturated carbocycles. The fourth-order valence-corrected chi connectivity index (χ4v) is 0.774. The molecule has 0 radical (unpaired) electrons. The van der Waals surface area contributed by atoms with Crippen molar-refractivity contribution in [2.24, 2.45) is 0 Å². The van der Waals surface area contributed by atoms with Crippen molar-refractivity contribution in [1.82, 2.24) is 0 Å². The summed E-state index contributed by atoms with van der Waals surface area (Å²) in [6.07, 6.45) is -2.61. The maximum Gasteiger partial charge on any atom is 0.300 e. The zero-order chi connectivity index (χ0) is 7.28. The SMILES string of the molecule is O[C@H]1CC(F)(F)[C@@]1(F)Cl. The molecule has 0 aliphatic heterocycles. The lowest BCUT2D eigenvalue weighted by atomic mass is 9.88. The van der Waals surface area contributed by atoms with Crippen LogP contribution < -0.4 is 0 Å². The van der Waals surface area contributed by atoms with Gasteiger partial charge in [0.25, 0.3) is 5.13 Å². The van der Waals surface area contributed by atoms with Crippen molar-refractivity contribution in [2.45, 2.75) is 23.6 Å². The van der Waals surface area contributed by atoms with Gasteiger partial charge >= 0.3 is 5.92 Å². The molecule has 0 spiro atoms. The average molecular weight is 161 g/mol. The second kappa shape index (κ2) is 1.55. The standard InChI is InChI=1S/C4H4ClF3O/c5-4(8)2(9)1-3(4,6)7/h2,9H,1H2/t2-,4+/m0/s1. The highest BCUT2D eigenvalue weighted by Gasteiger charge is 2.69. The lowest BCUT2D eigenvalue weighted by Crippen LogP contribution is -2.61. The van der Waals surface area contributed by atoms with Gasteiger partial charge in [-0.1, -0.05) is 11.6 Å². The van der Waals surface area contributed by atoms with Crippen LogP contribution in [0.3, 0.4) is 0 Å². The van der Waals surface area contributed by atoms with Crippen LogP contribution in [0.5, 0.6) is 0 Å². The van der Waals surface area contributed by atoms with E-state index in [1.54, 1.807) is 0 Å². The Hall–Kier alpha value is 0.0400. The molecule has 9 heavy (non-hydrogen) atoms. The van der Waals surface area contributed by atoms with Crippen LogP contribution in [-0.2, 0) is 0 Å². The molecule has 0 heterocycles. The zero-order valence-corrected chi connectivity index (χ0v) is 5.00. The van der Waals surface area contributed by atoms with Crippen LogP contribution in [0.2, 0.25) is 0 Å². The first-order valence-corrected chi connectivity index (χ1v) is 2.69. The van der Waals surface area contributed by atoms with E-state index in [9.17, 15) is 13.2 Å². The number of aliphatic hydroxyl groups excluding tert-OH is 1. The van der Waals surface area contributed by atoms with Gasteiger partial charge in [-0.15, -0.1) is 0 Å². The second-order valence-corrected chi connectivity index (χ2v) is 2.60. The monoisotopic (exact) mass is 160 g/mol. The van der Waals surface area contributed by atoms with Crippen LogP contribution >= 0.6 is 11.6 Å². The van der Waals surface area contributed by atoms with E-state index in [-0.39, 0.29) is 0 Å². The molecule has 0 aromatic carbocycles. The van der Waals surface area contributed by atoms with Crippen molar-refractivity contribution >= 4 is 11.6 Å². The van der Waals surface area contributed by atoms with Crippen molar-refractivity contribution in [3.63, 3.8) is 0 Å². The predicted molar refractivity (Wildman–Crippen MR) is 25.3 cm³/mol. The van der Waals surface area contributed by atoms with E-state index in [0.29, 0.717) is 0 Å². The van der Waals surface area contributed by atoms with Crippen LogP contribution in [0, 0.1) is 0 Å². The molecule has 1 N–H and O–H groups in total. The van der Waals surface area contributed by atoms with E-state index in [2.05, 4.69) is 11.6 Å². The molecule has 0 aromatic rings. The summed E-state index contributed by atoms with van der Waals surface area (Å²) in [6, 6.07) is 0. The quantitative estimate of drug-likeness (QED) is 0.530. The summed E-state index contributed by atoms with van der Waals surface area (Å²) in [5.41, 5.74) is 0. The molecule has 5 heteroatoms. The fraction of sp³-hybridized carbons (Fsp3) is 1.00. The van der Waals surface area contributed by atoms with Gasteiger partial charge in [0.05, 0.1) is 0 Å². The Morgan fingerprint density at radius 1 is 1.44 bits per heavy atom. The minimum absolute atomic E-state index is 0.882. The van der Waals surface area contributed by atoms with Gasteiger partial charge in [-0.05, 0) is 0 Å². The number of hydrogen-bond acceptors (Lipinski definition) is 1. The molecule has 0 unspecified atom stereocenters. The van der Waals surface area contributed by atoms with Gasteiger partial charge in [0.15, 0.2) is 0 Å². The molecule has 0 saturated heterocycles. The summed E-state index contributed by atoms with van der Waals surface area (Å²) in [4.78, 5) is 0. The first-order chi connectivity index (χ1) is 3.88. The van der Waals surface area contributed by atoms with Crippen molar-refractivity contribution < 1.29 is 18.3 Å². The van der Waals surface area contributed by atoms with Crippen LogP contribution in [-0.4, -0.2) is 22.3 Å². The number of alkyl halides is 4. The summed E-state index contributed by atoms with van der Waals surface area (Å²) < 4.78 is 35.9. The highest BCUT2D eigenvalue weighted by Crippen LogP contribution is 2.52. The van der Waals surface area contributed by atoms with Crippen molar-refractivity contribution in [3.05, 3.63) is 0 Å². The van der Waals surface area contributed by atoms with E-state index in [4.69, 9.17) is 5.11 Å². The fourth-order valence-electron chi connectivity index (χ4n) is 0.620. The minimum atomic E-state index is -3.56. The average Bonchev–Trinajstić information content (AvgIpc) is 1.65. The van der Waals surface area contributed by atoms with Crippen LogP contribution in [0.15, 0.2) is 0 Å². The van der Waals surface area contributed by atoms with Crippen LogP contribution in [0.4, 0.5) is 13.2 Å². The van der Waals surface area contributed by atoms with E-state index >= 15 is 0 Å². The van der Waals surface area contributed by atoms with Gasteiger partial charge in [0.1, 0.15) is 6.10 Å². The highest BCUT2D eigenvalue weighted by molar-refractivity contribution is 6.24. The summed E-state index contributed by atoms with van der Waals surface area (Å²) in [5, 5.41) is 5.10. The molecular formula is C4H4ClF3O. The minimum Gasteiger partial charge on any atom is -0.388 e. The molecule has 0 bridgehead atoms. The summed E-state index contributed by atoms with van der Waals surface area (Å²) in [6.45, 7) is 0. The van der Waals surface area contributed by atoms with Crippen LogP contribution in [0.1, 0.15) is 6.42 Å². The van der Waals surface area contributed by atoms with Gasteiger partial charge in [0, 0.05) is 6.42 Å². The van der Waals surface area contributed by atoms with E-state index in [1.807, 2.05) is 0 Å². The molecule has 0 amide bonds. The molecule has 1 aliphatic rings. The maximum absolute atomic E-state index is 12.1. The first-order valence-electron chi connectivity index (χ1n) is 2.31. The maximum atomic E-state index is 12.1. The largest absolute Gasteiger partial charge is 0.388 e. The smallest absolute Gasteiger partial charge is 0.300 e. The third kappa shape index (κ3) is 0.730. The molecule has 0 aromatic heterocycles. The topological polar surface area (TPSA) is 20.2 Å². The van der Waals surface area contributed by atoms with Crippen LogP contribution in [0.25, 0.3) is 0 Å². The third-order valence-corrected chi connectivity index (χ3v) is 1.88. The lowest BCUT2D eigenvalue weighted by Gasteiger charge is -2.41. The van der Waals surface area contributed by atoms with E-state index in [1.165, 1.54) is 0 Å². The molecule has 54 valence electrons. The molecule has 1 nitrogen and oxygen atoms in total. The van der Waals surface area contributed by atoms with Crippen molar-refractivity contribution in [1.29, 1.82) is 0 Å². The zero-order valence-electron chi connectivity index (χ0n) is 4.24. The van der Waals surface area contributed by atoms with Gasteiger partial charge in [-0.3, -0.25) is 0 Å². The Labute approximate surface area is 54.4 Å². The Bertz CT molecular complexity index is 136. The number of halogens is 4. The molecule has 2 atom stereocenters. The number of aliphatic hydroxyl groups is 1. The number of hydrogen-bond donors (Lipinski definition) is 1. The second-order valence-electron chi connectivity index (χ2n) is 2.05. The first kappa shape index (κ1) is 7.15. The van der Waals surface area contributed by atoms with Gasteiger partial charge in [0.2, 0.25) is 0 Å². The molecule has 1 rings (SSSR count). The normalized spacial score (nSPS) is 48.3. The lowest BCUT2D eigenvalue weighted by molar-refractivity contribution is -0.232. The predicted octanol–water partition coefficient (Wildman–Crippen LogP) is 1.29. The Kier molecular flexibility index (Phi) is 1.23. The summed E-state index contributed by atoms with van der Waals surface area (Å²) >= 11 is 4.58. The van der Waals surface area contributed by atoms with Crippen molar-refractivity contribution in [3.8, 4) is 0 Å². The van der Waals surface area contributed by atoms with E-state index in [0.717, 1.165) is 0 Å². The van der Waals surface area contributed by atoms with Gasteiger partial charge < -0.3 is 5.11 Å². The van der Waals surface area contributed by atoms with Gasteiger partial charge in [-0.2, -0.15) is 0 Å². The highest BCUT2D eigenvalue weighted by atomic mass is 35.5. The Balaban J connectivity index is 2.70. The van der Waals surface area contributed by atoms with Gasteiger partial charge in [-0.25, -0.2) is 13.2 Å². The Morgan fingerprint density at radius 2 is 1.89 bits per heavy atom. The molecule has 1 fully saturated rings. The Morgan fingerprint density at radius 3 is 1.89 bits per heavy atom.